The summed E-state index contributed by atoms with van der Waals surface area (Å²) in [6.07, 6.45) is 4.04. The van der Waals surface area contributed by atoms with Gasteiger partial charge in [0.05, 0.1) is 0 Å². The Morgan fingerprint density at radius 2 is 2.06 bits per heavy atom. The molecule has 0 radical (unpaired) electrons. The molecule has 2 heteroatoms. The van der Waals surface area contributed by atoms with Crippen LogP contribution in [0.15, 0.2) is 18.2 Å². The Bertz CT molecular complexity index is 383. The maximum atomic E-state index is 5.99. The number of nitrogens with zero attached hydrogens (tertiary/aromatic N) is 1. The summed E-state index contributed by atoms with van der Waals surface area (Å²) >= 11 is 0. The molecule has 0 saturated heterocycles. The summed E-state index contributed by atoms with van der Waals surface area (Å²) in [5, 5.41) is 0. The van der Waals surface area contributed by atoms with Crippen molar-refractivity contribution in [3.05, 3.63) is 34.9 Å². The third-order valence-corrected chi connectivity index (χ3v) is 4.15. The molecule has 0 aliphatic heterocycles. The molecule has 0 heterocycles. The molecule has 2 N–H and O–H groups in total. The molecule has 1 atom stereocenters. The summed E-state index contributed by atoms with van der Waals surface area (Å²) < 4.78 is 0. The normalized spacial score (nSPS) is 18.2. The quantitative estimate of drug-likeness (QED) is 0.865. The molecule has 1 aromatic rings. The van der Waals surface area contributed by atoms with Gasteiger partial charge in [-0.3, -0.25) is 4.90 Å². The van der Waals surface area contributed by atoms with Gasteiger partial charge in [-0.25, -0.2) is 0 Å². The number of hydrogen-bond acceptors (Lipinski definition) is 2. The summed E-state index contributed by atoms with van der Waals surface area (Å²) in [4.78, 5) is 2.47. The van der Waals surface area contributed by atoms with E-state index in [4.69, 9.17) is 5.73 Å². The molecule has 1 aromatic carbocycles. The maximum absolute atomic E-state index is 5.99. The molecule has 94 valence electrons. The summed E-state index contributed by atoms with van der Waals surface area (Å²) in [5.74, 6) is 0. The molecule has 2 rings (SSSR count). The van der Waals surface area contributed by atoms with Gasteiger partial charge in [0.1, 0.15) is 0 Å². The molecule has 0 aromatic heterocycles. The van der Waals surface area contributed by atoms with Crippen LogP contribution in [0.3, 0.4) is 0 Å². The number of benzene rings is 1. The Hall–Kier alpha value is -0.860. The molecule has 1 unspecified atom stereocenters. The first kappa shape index (κ1) is 12.6. The minimum absolute atomic E-state index is 0.376. The molecule has 0 bridgehead atoms. The van der Waals surface area contributed by atoms with Crippen LogP contribution < -0.4 is 5.73 Å². The third-order valence-electron chi connectivity index (χ3n) is 4.15. The Labute approximate surface area is 105 Å². The first-order valence-electron chi connectivity index (χ1n) is 6.62. The highest BCUT2D eigenvalue weighted by atomic mass is 15.2. The standard InChI is InChI=1S/C15H24N2/c1-11-7-8-14(12(2)9-11)15(10-16)17(3)13-5-4-6-13/h7-9,13,15H,4-6,10,16H2,1-3H3. The van der Waals surface area contributed by atoms with Crippen molar-refractivity contribution < 1.29 is 0 Å². The Balaban J connectivity index is 2.21. The van der Waals surface area contributed by atoms with Crippen LogP contribution in [0, 0.1) is 13.8 Å². The molecule has 1 aliphatic carbocycles. The van der Waals surface area contributed by atoms with E-state index < -0.39 is 0 Å². The largest absolute Gasteiger partial charge is 0.329 e. The highest BCUT2D eigenvalue weighted by Crippen LogP contribution is 2.31. The average Bonchev–Trinajstić information content (AvgIpc) is 2.19. The van der Waals surface area contributed by atoms with Crippen molar-refractivity contribution in [2.45, 2.75) is 45.2 Å². The van der Waals surface area contributed by atoms with E-state index in [0.29, 0.717) is 12.6 Å². The molecule has 0 spiro atoms. The Morgan fingerprint density at radius 3 is 2.53 bits per heavy atom. The van der Waals surface area contributed by atoms with Crippen molar-refractivity contribution in [3.63, 3.8) is 0 Å². The SMILES string of the molecule is Cc1ccc(C(CN)N(C)C2CCC2)c(C)c1. The molecule has 1 saturated carbocycles. The lowest BCUT2D eigenvalue weighted by molar-refractivity contribution is 0.113. The van der Waals surface area contributed by atoms with Gasteiger partial charge < -0.3 is 5.73 Å². The van der Waals surface area contributed by atoms with Crippen molar-refractivity contribution in [2.75, 3.05) is 13.6 Å². The van der Waals surface area contributed by atoms with Crippen LogP contribution in [0.25, 0.3) is 0 Å². The third kappa shape index (κ3) is 2.53. The van der Waals surface area contributed by atoms with E-state index in [9.17, 15) is 0 Å². The second-order valence-corrected chi connectivity index (χ2v) is 5.36. The molecule has 2 nitrogen and oxygen atoms in total. The molecule has 17 heavy (non-hydrogen) atoms. The van der Waals surface area contributed by atoms with Crippen molar-refractivity contribution in [1.82, 2.24) is 4.90 Å². The van der Waals surface area contributed by atoms with Crippen molar-refractivity contribution in [2.24, 2.45) is 5.73 Å². The summed E-state index contributed by atoms with van der Waals surface area (Å²) in [6, 6.07) is 7.81. The number of likely N-dealkylation sites (N-methyl/N-ethyl adjacent to an activating group) is 1. The van der Waals surface area contributed by atoms with Crippen LogP contribution in [0.5, 0.6) is 0 Å². The van der Waals surface area contributed by atoms with E-state index in [0.717, 1.165) is 6.04 Å². The summed E-state index contributed by atoms with van der Waals surface area (Å²) in [7, 11) is 2.22. The van der Waals surface area contributed by atoms with Crippen LogP contribution in [-0.4, -0.2) is 24.5 Å². The zero-order chi connectivity index (χ0) is 12.4. The van der Waals surface area contributed by atoms with Crippen LogP contribution in [0.1, 0.15) is 42.0 Å². The van der Waals surface area contributed by atoms with Gasteiger partial charge >= 0.3 is 0 Å². The monoisotopic (exact) mass is 232 g/mol. The zero-order valence-electron chi connectivity index (χ0n) is 11.2. The Morgan fingerprint density at radius 1 is 1.35 bits per heavy atom. The lowest BCUT2D eigenvalue weighted by Crippen LogP contribution is -2.42. The maximum Gasteiger partial charge on any atom is 0.0472 e. The van der Waals surface area contributed by atoms with Crippen LogP contribution in [0.2, 0.25) is 0 Å². The molecule has 0 amide bonds. The fourth-order valence-electron chi connectivity index (χ4n) is 2.76. The zero-order valence-corrected chi connectivity index (χ0v) is 11.2. The van der Waals surface area contributed by atoms with E-state index in [2.05, 4.69) is 44.0 Å². The lowest BCUT2D eigenvalue weighted by Gasteiger charge is -2.40. The van der Waals surface area contributed by atoms with Gasteiger partial charge in [-0.2, -0.15) is 0 Å². The van der Waals surface area contributed by atoms with Crippen molar-refractivity contribution >= 4 is 0 Å². The molecular formula is C15H24N2. The molecule has 1 fully saturated rings. The van der Waals surface area contributed by atoms with Crippen molar-refractivity contribution in [3.8, 4) is 0 Å². The lowest BCUT2D eigenvalue weighted by atomic mass is 9.89. The smallest absolute Gasteiger partial charge is 0.0472 e. The predicted molar refractivity (Wildman–Crippen MR) is 73.1 cm³/mol. The summed E-state index contributed by atoms with van der Waals surface area (Å²) in [6.45, 7) is 5.04. The van der Waals surface area contributed by atoms with E-state index in [1.54, 1.807) is 0 Å². The molecule has 1 aliphatic rings. The van der Waals surface area contributed by atoms with E-state index in [1.165, 1.54) is 36.0 Å². The van der Waals surface area contributed by atoms with Gasteiger partial charge in [0, 0.05) is 18.6 Å². The van der Waals surface area contributed by atoms with Crippen LogP contribution in [-0.2, 0) is 0 Å². The van der Waals surface area contributed by atoms with Gasteiger partial charge in [0.2, 0.25) is 0 Å². The van der Waals surface area contributed by atoms with Crippen LogP contribution in [0.4, 0.5) is 0 Å². The predicted octanol–water partition coefficient (Wildman–Crippen LogP) is 2.79. The minimum atomic E-state index is 0.376. The number of hydrogen-bond donors (Lipinski definition) is 1. The fraction of sp³-hybridized carbons (Fsp3) is 0.600. The van der Waals surface area contributed by atoms with E-state index in [-0.39, 0.29) is 0 Å². The summed E-state index contributed by atoms with van der Waals surface area (Å²) in [5.41, 5.74) is 10.1. The number of nitrogens with two attached hydrogens (primary N) is 1. The topological polar surface area (TPSA) is 29.3 Å². The molecular weight excluding hydrogens is 208 g/mol. The van der Waals surface area contributed by atoms with Gasteiger partial charge in [-0.15, -0.1) is 0 Å². The Kier molecular flexibility index (Phi) is 3.85. The fourth-order valence-corrected chi connectivity index (χ4v) is 2.76. The van der Waals surface area contributed by atoms with E-state index >= 15 is 0 Å². The van der Waals surface area contributed by atoms with Crippen LogP contribution >= 0.6 is 0 Å². The highest BCUT2D eigenvalue weighted by molar-refractivity contribution is 5.33. The van der Waals surface area contributed by atoms with E-state index in [1.807, 2.05) is 0 Å². The minimum Gasteiger partial charge on any atom is -0.329 e. The second-order valence-electron chi connectivity index (χ2n) is 5.36. The number of rotatable bonds is 4. The van der Waals surface area contributed by atoms with Gasteiger partial charge in [-0.05, 0) is 44.9 Å². The number of aryl methyl sites for hydroxylation is 2. The first-order chi connectivity index (χ1) is 8.13. The second kappa shape index (κ2) is 5.19. The highest BCUT2D eigenvalue weighted by Gasteiger charge is 2.28. The van der Waals surface area contributed by atoms with Gasteiger partial charge in [-0.1, -0.05) is 30.2 Å². The van der Waals surface area contributed by atoms with Crippen molar-refractivity contribution in [1.29, 1.82) is 0 Å². The van der Waals surface area contributed by atoms with Gasteiger partial charge in [0.25, 0.3) is 0 Å². The van der Waals surface area contributed by atoms with Gasteiger partial charge in [0.15, 0.2) is 0 Å². The first-order valence-corrected chi connectivity index (χ1v) is 6.62. The average molecular weight is 232 g/mol.